The zero-order valence-electron chi connectivity index (χ0n) is 12.2. The van der Waals surface area contributed by atoms with Gasteiger partial charge in [-0.05, 0) is 18.7 Å². The van der Waals surface area contributed by atoms with Crippen molar-refractivity contribution in [3.8, 4) is 11.8 Å². The zero-order valence-corrected chi connectivity index (χ0v) is 12.2. The Bertz CT molecular complexity index is 554. The Morgan fingerprint density at radius 3 is 3.00 bits per heavy atom. The van der Waals surface area contributed by atoms with Crippen molar-refractivity contribution in [1.82, 2.24) is 5.32 Å². The molecule has 1 heterocycles. The van der Waals surface area contributed by atoms with Crippen molar-refractivity contribution in [1.29, 1.82) is 5.26 Å². The molecular weight excluding hydrogens is 270 g/mol. The molecule has 6 heteroatoms. The second kappa shape index (κ2) is 7.07. The lowest BCUT2D eigenvalue weighted by Crippen LogP contribution is -2.41. The van der Waals surface area contributed by atoms with Gasteiger partial charge in [0.15, 0.2) is 0 Å². The predicted octanol–water partition coefficient (Wildman–Crippen LogP) is 1.13. The second-order valence-electron chi connectivity index (χ2n) is 4.79. The molecular formula is C15H19N3O3. The van der Waals surface area contributed by atoms with Crippen LogP contribution in [0.5, 0.6) is 5.75 Å². The number of nitriles is 1. The van der Waals surface area contributed by atoms with Crippen molar-refractivity contribution in [2.24, 2.45) is 5.92 Å². The van der Waals surface area contributed by atoms with Crippen LogP contribution in [0.2, 0.25) is 0 Å². The number of nitrogens with zero attached hydrogens (tertiary/aromatic N) is 1. The van der Waals surface area contributed by atoms with Gasteiger partial charge in [0.05, 0.1) is 31.8 Å². The van der Waals surface area contributed by atoms with Gasteiger partial charge in [0, 0.05) is 6.04 Å². The Morgan fingerprint density at radius 1 is 1.52 bits per heavy atom. The van der Waals surface area contributed by atoms with Crippen LogP contribution in [0.4, 0.5) is 5.69 Å². The Kier molecular flexibility index (Phi) is 5.14. The van der Waals surface area contributed by atoms with Gasteiger partial charge < -0.3 is 20.1 Å². The van der Waals surface area contributed by atoms with E-state index in [1.54, 1.807) is 18.2 Å². The van der Waals surface area contributed by atoms with Gasteiger partial charge in [0.25, 0.3) is 0 Å². The van der Waals surface area contributed by atoms with Gasteiger partial charge >= 0.3 is 0 Å². The first-order valence-electron chi connectivity index (χ1n) is 6.90. The Morgan fingerprint density at radius 2 is 2.33 bits per heavy atom. The molecule has 1 aromatic carbocycles. The van der Waals surface area contributed by atoms with Crippen LogP contribution in [0.1, 0.15) is 12.5 Å². The van der Waals surface area contributed by atoms with Crippen molar-refractivity contribution >= 4 is 11.6 Å². The number of ether oxygens (including phenoxy) is 2. The highest BCUT2D eigenvalue weighted by Crippen LogP contribution is 2.29. The number of nitrogens with one attached hydrogen (secondary N) is 2. The summed E-state index contributed by atoms with van der Waals surface area (Å²) in [5.41, 5.74) is 0.788. The van der Waals surface area contributed by atoms with E-state index in [1.807, 2.05) is 6.92 Å². The standard InChI is InChI=1S/C15H19N3O3/c1-3-17-12-9-21-8-11(12)15(19)18-14-10(7-16)5-4-6-13(14)20-2/h4-6,11-12,17H,3,8-9H2,1-2H3,(H,18,19). The van der Waals surface area contributed by atoms with E-state index in [2.05, 4.69) is 16.7 Å². The number of likely N-dealkylation sites (N-methyl/N-ethyl adjacent to an activating group) is 1. The number of para-hydroxylation sites is 1. The first kappa shape index (κ1) is 15.3. The lowest BCUT2D eigenvalue weighted by atomic mass is 10.0. The van der Waals surface area contributed by atoms with Crippen LogP contribution in [0, 0.1) is 17.2 Å². The number of carbonyl (C=O) groups is 1. The molecule has 0 aliphatic carbocycles. The van der Waals surface area contributed by atoms with E-state index in [9.17, 15) is 4.79 Å². The number of methoxy groups -OCH3 is 1. The van der Waals surface area contributed by atoms with Gasteiger partial charge in [-0.3, -0.25) is 4.79 Å². The Balaban J connectivity index is 2.18. The highest BCUT2D eigenvalue weighted by molar-refractivity contribution is 5.96. The van der Waals surface area contributed by atoms with Crippen LogP contribution in [-0.2, 0) is 9.53 Å². The summed E-state index contributed by atoms with van der Waals surface area (Å²) in [6.45, 7) is 3.65. The van der Waals surface area contributed by atoms with E-state index in [-0.39, 0.29) is 17.9 Å². The van der Waals surface area contributed by atoms with Crippen LogP contribution in [0.3, 0.4) is 0 Å². The van der Waals surface area contributed by atoms with Crippen LogP contribution in [0.15, 0.2) is 18.2 Å². The third-order valence-electron chi connectivity index (χ3n) is 3.50. The second-order valence-corrected chi connectivity index (χ2v) is 4.79. The normalized spacial score (nSPS) is 20.8. The van der Waals surface area contributed by atoms with Gasteiger partial charge in [-0.2, -0.15) is 5.26 Å². The monoisotopic (exact) mass is 289 g/mol. The van der Waals surface area contributed by atoms with Crippen molar-refractivity contribution in [3.63, 3.8) is 0 Å². The predicted molar refractivity (Wildman–Crippen MR) is 78.1 cm³/mol. The number of benzene rings is 1. The highest BCUT2D eigenvalue weighted by atomic mass is 16.5. The molecule has 1 amide bonds. The maximum atomic E-state index is 12.4. The summed E-state index contributed by atoms with van der Waals surface area (Å²) in [5, 5.41) is 15.2. The number of hydrogen-bond donors (Lipinski definition) is 2. The summed E-state index contributed by atoms with van der Waals surface area (Å²) in [7, 11) is 1.51. The Hall–Kier alpha value is -2.10. The van der Waals surface area contributed by atoms with Crippen LogP contribution in [-0.4, -0.2) is 38.8 Å². The molecule has 0 aromatic heterocycles. The van der Waals surface area contributed by atoms with Gasteiger partial charge in [0.2, 0.25) is 5.91 Å². The molecule has 2 atom stereocenters. The third kappa shape index (κ3) is 3.32. The third-order valence-corrected chi connectivity index (χ3v) is 3.50. The van der Waals surface area contributed by atoms with Crippen molar-refractivity contribution in [2.45, 2.75) is 13.0 Å². The van der Waals surface area contributed by atoms with E-state index in [4.69, 9.17) is 14.7 Å². The lowest BCUT2D eigenvalue weighted by Gasteiger charge is -2.19. The smallest absolute Gasteiger partial charge is 0.231 e. The average Bonchev–Trinajstić information content (AvgIpc) is 2.96. The SMILES string of the molecule is CCNC1COCC1C(=O)Nc1c(C#N)cccc1OC. The molecule has 2 N–H and O–H groups in total. The number of amides is 1. The molecule has 6 nitrogen and oxygen atoms in total. The molecule has 112 valence electrons. The minimum Gasteiger partial charge on any atom is -0.495 e. The zero-order chi connectivity index (χ0) is 15.2. The van der Waals surface area contributed by atoms with E-state index in [0.29, 0.717) is 30.2 Å². The molecule has 2 rings (SSSR count). The van der Waals surface area contributed by atoms with Crippen LogP contribution < -0.4 is 15.4 Å². The first-order chi connectivity index (χ1) is 10.2. The number of anilines is 1. The first-order valence-corrected chi connectivity index (χ1v) is 6.90. The summed E-state index contributed by atoms with van der Waals surface area (Å²) in [5.74, 6) is 0.0298. The molecule has 1 saturated heterocycles. The number of rotatable bonds is 5. The van der Waals surface area contributed by atoms with Gasteiger partial charge in [-0.15, -0.1) is 0 Å². The topological polar surface area (TPSA) is 83.4 Å². The minimum atomic E-state index is -0.276. The van der Waals surface area contributed by atoms with Gasteiger partial charge in [0.1, 0.15) is 17.5 Å². The maximum Gasteiger partial charge on any atom is 0.231 e. The fourth-order valence-corrected chi connectivity index (χ4v) is 2.42. The number of hydrogen-bond acceptors (Lipinski definition) is 5. The van der Waals surface area contributed by atoms with Crippen LogP contribution >= 0.6 is 0 Å². The van der Waals surface area contributed by atoms with Crippen molar-refractivity contribution in [2.75, 3.05) is 32.2 Å². The highest BCUT2D eigenvalue weighted by Gasteiger charge is 2.34. The fourth-order valence-electron chi connectivity index (χ4n) is 2.42. The summed E-state index contributed by atoms with van der Waals surface area (Å²) >= 11 is 0. The largest absolute Gasteiger partial charge is 0.495 e. The molecule has 21 heavy (non-hydrogen) atoms. The summed E-state index contributed by atoms with van der Waals surface area (Å²) < 4.78 is 10.6. The molecule has 0 radical (unpaired) electrons. The van der Waals surface area contributed by atoms with Crippen molar-refractivity contribution < 1.29 is 14.3 Å². The van der Waals surface area contributed by atoms with E-state index in [0.717, 1.165) is 6.54 Å². The molecule has 1 aliphatic heterocycles. The molecule has 1 fully saturated rings. The Labute approximate surface area is 124 Å². The van der Waals surface area contributed by atoms with E-state index < -0.39 is 0 Å². The molecule has 0 spiro atoms. The lowest BCUT2D eigenvalue weighted by molar-refractivity contribution is -0.120. The van der Waals surface area contributed by atoms with E-state index >= 15 is 0 Å². The summed E-state index contributed by atoms with van der Waals surface area (Å²) in [4.78, 5) is 12.4. The molecule has 2 unspecified atom stereocenters. The van der Waals surface area contributed by atoms with Gasteiger partial charge in [-0.25, -0.2) is 0 Å². The molecule has 1 aromatic rings. The fraction of sp³-hybridized carbons (Fsp3) is 0.467. The van der Waals surface area contributed by atoms with Crippen LogP contribution in [0.25, 0.3) is 0 Å². The summed E-state index contributed by atoms with van der Waals surface area (Å²) in [6, 6.07) is 7.13. The van der Waals surface area contributed by atoms with E-state index in [1.165, 1.54) is 7.11 Å². The van der Waals surface area contributed by atoms with Crippen molar-refractivity contribution in [3.05, 3.63) is 23.8 Å². The maximum absolute atomic E-state index is 12.4. The molecule has 0 bridgehead atoms. The summed E-state index contributed by atoms with van der Waals surface area (Å²) in [6.07, 6.45) is 0. The number of carbonyl (C=O) groups excluding carboxylic acids is 1. The van der Waals surface area contributed by atoms with Gasteiger partial charge in [-0.1, -0.05) is 13.0 Å². The minimum absolute atomic E-state index is 0.00440. The molecule has 1 aliphatic rings. The average molecular weight is 289 g/mol. The quantitative estimate of drug-likeness (QED) is 0.849. The molecule has 0 saturated carbocycles.